The lowest BCUT2D eigenvalue weighted by molar-refractivity contribution is 0.605. The molecule has 16 heavy (non-hydrogen) atoms. The van der Waals surface area contributed by atoms with Gasteiger partial charge in [-0.3, -0.25) is 4.98 Å². The molecule has 0 aliphatic carbocycles. The highest BCUT2D eigenvalue weighted by atomic mass is 79.9. The van der Waals surface area contributed by atoms with Gasteiger partial charge in [-0.2, -0.15) is 11.3 Å². The van der Waals surface area contributed by atoms with Crippen LogP contribution in [-0.2, 0) is 0 Å². The zero-order valence-electron chi connectivity index (χ0n) is 8.94. The van der Waals surface area contributed by atoms with Gasteiger partial charge >= 0.3 is 0 Å². The molecule has 2 rings (SSSR count). The molecule has 0 amide bonds. The summed E-state index contributed by atoms with van der Waals surface area (Å²) in [4.78, 5) is 5.43. The standard InChI is InChI=1S/C11H13BrN2S2/c1-2-3-14-11(10-4-13-7-16-10)8-5-15-6-9(8)12/h4-7,11,14H,2-3H2,1H3. The van der Waals surface area contributed by atoms with Gasteiger partial charge in [0.25, 0.3) is 0 Å². The van der Waals surface area contributed by atoms with E-state index in [1.807, 2.05) is 11.7 Å². The van der Waals surface area contributed by atoms with Gasteiger partial charge in [0.2, 0.25) is 0 Å². The lowest BCUT2D eigenvalue weighted by Gasteiger charge is -2.16. The molecule has 0 spiro atoms. The van der Waals surface area contributed by atoms with E-state index in [1.54, 1.807) is 22.7 Å². The monoisotopic (exact) mass is 316 g/mol. The minimum atomic E-state index is 0.271. The highest BCUT2D eigenvalue weighted by Crippen LogP contribution is 2.32. The van der Waals surface area contributed by atoms with Gasteiger partial charge in [0.05, 0.1) is 11.6 Å². The van der Waals surface area contributed by atoms with Crippen LogP contribution in [0.2, 0.25) is 0 Å². The SMILES string of the molecule is CCCNC(c1cncs1)c1cscc1Br. The fraction of sp³-hybridized carbons (Fsp3) is 0.364. The Morgan fingerprint density at radius 1 is 1.50 bits per heavy atom. The molecule has 0 radical (unpaired) electrons. The van der Waals surface area contributed by atoms with Crippen LogP contribution >= 0.6 is 38.6 Å². The van der Waals surface area contributed by atoms with Gasteiger partial charge < -0.3 is 5.32 Å². The third-order valence-electron chi connectivity index (χ3n) is 2.29. The molecule has 0 aliphatic rings. The Balaban J connectivity index is 2.25. The first-order valence-electron chi connectivity index (χ1n) is 5.16. The molecule has 2 heterocycles. The van der Waals surface area contributed by atoms with Crippen molar-refractivity contribution in [3.05, 3.63) is 37.4 Å². The summed E-state index contributed by atoms with van der Waals surface area (Å²) in [5.41, 5.74) is 3.19. The molecule has 0 bridgehead atoms. The Labute approximate surface area is 112 Å². The number of nitrogens with zero attached hydrogens (tertiary/aromatic N) is 1. The van der Waals surface area contributed by atoms with E-state index < -0.39 is 0 Å². The first kappa shape index (κ1) is 12.2. The minimum Gasteiger partial charge on any atom is -0.305 e. The highest BCUT2D eigenvalue weighted by molar-refractivity contribution is 9.10. The quantitative estimate of drug-likeness (QED) is 0.900. The van der Waals surface area contributed by atoms with Gasteiger partial charge in [-0.15, -0.1) is 11.3 Å². The summed E-state index contributed by atoms with van der Waals surface area (Å²) in [6, 6.07) is 0.271. The van der Waals surface area contributed by atoms with E-state index in [-0.39, 0.29) is 6.04 Å². The molecule has 5 heteroatoms. The first-order valence-corrected chi connectivity index (χ1v) is 7.77. The number of thiazole rings is 1. The fourth-order valence-corrected chi connectivity index (χ4v) is 3.78. The zero-order chi connectivity index (χ0) is 11.4. The maximum atomic E-state index is 4.16. The molecule has 0 fully saturated rings. The fourth-order valence-electron chi connectivity index (χ4n) is 1.52. The number of nitrogens with one attached hydrogen (secondary N) is 1. The lowest BCUT2D eigenvalue weighted by atomic mass is 10.1. The topological polar surface area (TPSA) is 24.9 Å². The number of hydrogen-bond acceptors (Lipinski definition) is 4. The molecule has 0 saturated carbocycles. The second-order valence-electron chi connectivity index (χ2n) is 3.47. The van der Waals surface area contributed by atoms with E-state index in [2.05, 4.69) is 43.9 Å². The van der Waals surface area contributed by atoms with Crippen molar-refractivity contribution in [1.29, 1.82) is 0 Å². The van der Waals surface area contributed by atoms with E-state index in [1.165, 1.54) is 14.9 Å². The summed E-state index contributed by atoms with van der Waals surface area (Å²) in [5.74, 6) is 0. The predicted octanol–water partition coefficient (Wildman–Crippen LogP) is 4.06. The smallest absolute Gasteiger partial charge is 0.0794 e. The van der Waals surface area contributed by atoms with Gasteiger partial charge in [-0.25, -0.2) is 0 Å². The van der Waals surface area contributed by atoms with Gasteiger partial charge in [-0.1, -0.05) is 6.92 Å². The molecule has 2 aromatic rings. The van der Waals surface area contributed by atoms with Gasteiger partial charge in [0.1, 0.15) is 0 Å². The van der Waals surface area contributed by atoms with Crippen LogP contribution in [-0.4, -0.2) is 11.5 Å². The van der Waals surface area contributed by atoms with Crippen molar-refractivity contribution in [2.75, 3.05) is 6.54 Å². The third kappa shape index (κ3) is 2.71. The largest absolute Gasteiger partial charge is 0.305 e. The van der Waals surface area contributed by atoms with Crippen LogP contribution in [0.5, 0.6) is 0 Å². The Hall–Kier alpha value is -0.230. The molecule has 86 valence electrons. The van der Waals surface area contributed by atoms with Crippen LogP contribution in [0.25, 0.3) is 0 Å². The van der Waals surface area contributed by atoms with Crippen molar-refractivity contribution in [1.82, 2.24) is 10.3 Å². The summed E-state index contributed by atoms with van der Waals surface area (Å²) >= 11 is 7.02. The lowest BCUT2D eigenvalue weighted by Crippen LogP contribution is -2.22. The van der Waals surface area contributed by atoms with Crippen LogP contribution in [0.4, 0.5) is 0 Å². The molecule has 0 aromatic carbocycles. The van der Waals surface area contributed by atoms with Crippen LogP contribution < -0.4 is 5.32 Å². The van der Waals surface area contributed by atoms with E-state index in [0.29, 0.717) is 0 Å². The molecule has 2 aromatic heterocycles. The Morgan fingerprint density at radius 3 is 2.94 bits per heavy atom. The molecule has 2 nitrogen and oxygen atoms in total. The number of rotatable bonds is 5. The molecular weight excluding hydrogens is 304 g/mol. The molecule has 1 atom stereocenters. The zero-order valence-corrected chi connectivity index (χ0v) is 12.2. The highest BCUT2D eigenvalue weighted by Gasteiger charge is 2.17. The summed E-state index contributed by atoms with van der Waals surface area (Å²) < 4.78 is 1.18. The minimum absolute atomic E-state index is 0.271. The van der Waals surface area contributed by atoms with Crippen molar-refractivity contribution in [3.8, 4) is 0 Å². The molecule has 1 unspecified atom stereocenters. The number of aromatic nitrogens is 1. The molecule has 0 saturated heterocycles. The predicted molar refractivity (Wildman–Crippen MR) is 74.3 cm³/mol. The Kier molecular flexibility index (Phi) is 4.52. The van der Waals surface area contributed by atoms with Crippen LogP contribution in [0, 0.1) is 0 Å². The summed E-state index contributed by atoms with van der Waals surface area (Å²) in [6.45, 7) is 3.20. The van der Waals surface area contributed by atoms with Crippen molar-refractivity contribution >= 4 is 38.6 Å². The average Bonchev–Trinajstić information content (AvgIpc) is 2.91. The summed E-state index contributed by atoms with van der Waals surface area (Å²) in [7, 11) is 0. The normalized spacial score (nSPS) is 12.9. The van der Waals surface area contributed by atoms with E-state index >= 15 is 0 Å². The van der Waals surface area contributed by atoms with Crippen molar-refractivity contribution in [2.45, 2.75) is 19.4 Å². The summed E-state index contributed by atoms with van der Waals surface area (Å²) in [5, 5.41) is 7.88. The van der Waals surface area contributed by atoms with Crippen molar-refractivity contribution in [2.24, 2.45) is 0 Å². The van der Waals surface area contributed by atoms with Gasteiger partial charge in [0, 0.05) is 20.9 Å². The molecule has 0 aliphatic heterocycles. The van der Waals surface area contributed by atoms with Crippen LogP contribution in [0.3, 0.4) is 0 Å². The van der Waals surface area contributed by atoms with Crippen molar-refractivity contribution < 1.29 is 0 Å². The van der Waals surface area contributed by atoms with E-state index in [4.69, 9.17) is 0 Å². The molecule has 1 N–H and O–H groups in total. The molecular formula is C11H13BrN2S2. The van der Waals surface area contributed by atoms with E-state index in [0.717, 1.165) is 13.0 Å². The third-order valence-corrected chi connectivity index (χ3v) is 4.88. The second-order valence-corrected chi connectivity index (χ2v) is 5.98. The first-order chi connectivity index (χ1) is 7.83. The Morgan fingerprint density at radius 2 is 2.38 bits per heavy atom. The second kappa shape index (κ2) is 5.91. The van der Waals surface area contributed by atoms with E-state index in [9.17, 15) is 0 Å². The van der Waals surface area contributed by atoms with Crippen LogP contribution in [0.15, 0.2) is 26.9 Å². The van der Waals surface area contributed by atoms with Gasteiger partial charge in [0.15, 0.2) is 0 Å². The number of hydrogen-bond donors (Lipinski definition) is 1. The summed E-state index contributed by atoms with van der Waals surface area (Å²) in [6.07, 6.45) is 3.08. The maximum absolute atomic E-state index is 4.16. The van der Waals surface area contributed by atoms with Crippen LogP contribution in [0.1, 0.15) is 29.8 Å². The maximum Gasteiger partial charge on any atom is 0.0794 e. The van der Waals surface area contributed by atoms with Gasteiger partial charge in [-0.05, 0) is 39.8 Å². The van der Waals surface area contributed by atoms with Crippen molar-refractivity contribution in [3.63, 3.8) is 0 Å². The Bertz CT molecular complexity index is 425. The number of halogens is 1. The average molecular weight is 317 g/mol. The number of thiophene rings is 1.